The molecule has 0 amide bonds. The number of ether oxygens (including phenoxy) is 2. The highest BCUT2D eigenvalue weighted by Crippen LogP contribution is 2.35. The fraction of sp³-hybridized carbons (Fsp3) is 0.222. The Balaban J connectivity index is 2.00. The summed E-state index contributed by atoms with van der Waals surface area (Å²) in [7, 11) is 1.60. The summed E-state index contributed by atoms with van der Waals surface area (Å²) in [5.41, 5.74) is 4.66. The van der Waals surface area contributed by atoms with Crippen molar-refractivity contribution < 1.29 is 19.1 Å². The molecule has 6 heteroatoms. The molecule has 0 spiro atoms. The zero-order chi connectivity index (χ0) is 23.8. The zero-order valence-corrected chi connectivity index (χ0v) is 19.2. The topological polar surface area (TPSA) is 69.9 Å². The molecule has 0 fully saturated rings. The molecule has 33 heavy (non-hydrogen) atoms. The Bertz CT molecular complexity index is 1220. The van der Waals surface area contributed by atoms with E-state index in [2.05, 4.69) is 41.3 Å². The van der Waals surface area contributed by atoms with Crippen molar-refractivity contribution in [2.75, 3.05) is 20.3 Å². The Labute approximate surface area is 193 Å². The van der Waals surface area contributed by atoms with E-state index in [4.69, 9.17) is 9.47 Å². The van der Waals surface area contributed by atoms with Gasteiger partial charge in [0.25, 0.3) is 0 Å². The molecular formula is C27H28N2O4. The summed E-state index contributed by atoms with van der Waals surface area (Å²) >= 11 is 0. The summed E-state index contributed by atoms with van der Waals surface area (Å²) in [5, 5.41) is 1.03. The minimum atomic E-state index is -0.542. The summed E-state index contributed by atoms with van der Waals surface area (Å²) in [4.78, 5) is 28.4. The number of carbonyl (C=O) groups excluding carboxylic acids is 2. The van der Waals surface area contributed by atoms with E-state index >= 15 is 0 Å². The van der Waals surface area contributed by atoms with Gasteiger partial charge in [-0.25, -0.2) is 9.59 Å². The van der Waals surface area contributed by atoms with E-state index in [9.17, 15) is 9.59 Å². The lowest BCUT2D eigenvalue weighted by atomic mass is 10.0. The molecule has 0 aliphatic heterocycles. The van der Waals surface area contributed by atoms with Crippen molar-refractivity contribution in [2.45, 2.75) is 20.4 Å². The van der Waals surface area contributed by atoms with Crippen LogP contribution >= 0.6 is 0 Å². The number of carbonyl (C=O) groups is 2. The predicted molar refractivity (Wildman–Crippen MR) is 132 cm³/mol. The second-order valence-electron chi connectivity index (χ2n) is 7.43. The molecule has 1 aromatic heterocycles. The molecule has 0 aliphatic carbocycles. The summed E-state index contributed by atoms with van der Waals surface area (Å²) in [6.45, 7) is 7.85. The van der Waals surface area contributed by atoms with Gasteiger partial charge in [-0.2, -0.15) is 0 Å². The van der Waals surface area contributed by atoms with Crippen molar-refractivity contribution in [1.29, 1.82) is 0 Å². The van der Waals surface area contributed by atoms with Crippen molar-refractivity contribution in [3.8, 4) is 11.3 Å². The van der Waals surface area contributed by atoms with Crippen LogP contribution in [0.2, 0.25) is 0 Å². The van der Waals surface area contributed by atoms with Gasteiger partial charge in [-0.1, -0.05) is 55.1 Å². The van der Waals surface area contributed by atoms with Crippen LogP contribution in [0, 0.1) is 0 Å². The fourth-order valence-corrected chi connectivity index (χ4v) is 3.63. The van der Waals surface area contributed by atoms with Gasteiger partial charge >= 0.3 is 11.9 Å². The average molecular weight is 445 g/mol. The molecule has 0 saturated heterocycles. The Morgan fingerprint density at radius 1 is 1.00 bits per heavy atom. The van der Waals surface area contributed by atoms with Gasteiger partial charge in [0.2, 0.25) is 0 Å². The van der Waals surface area contributed by atoms with Crippen LogP contribution in [0.4, 0.5) is 0 Å². The number of aromatic nitrogens is 1. The first-order valence-corrected chi connectivity index (χ1v) is 10.8. The van der Waals surface area contributed by atoms with Crippen molar-refractivity contribution in [3.05, 3.63) is 77.9 Å². The van der Waals surface area contributed by atoms with Crippen LogP contribution in [0.15, 0.2) is 77.3 Å². The molecule has 0 N–H and O–H groups in total. The monoisotopic (exact) mass is 444 g/mol. The third-order valence-corrected chi connectivity index (χ3v) is 5.08. The number of fused-ring (bicyclic) bond motifs is 1. The number of aliphatic imine (C=N–C) groups is 1. The van der Waals surface area contributed by atoms with Gasteiger partial charge in [-0.15, -0.1) is 0 Å². The number of rotatable bonds is 9. The van der Waals surface area contributed by atoms with Crippen LogP contribution in [0.25, 0.3) is 28.2 Å². The molecule has 0 aliphatic rings. The third-order valence-electron chi connectivity index (χ3n) is 5.08. The van der Waals surface area contributed by atoms with E-state index in [-0.39, 0.29) is 13.2 Å². The predicted octanol–water partition coefficient (Wildman–Crippen LogP) is 5.07. The summed E-state index contributed by atoms with van der Waals surface area (Å²) in [5.74, 6) is -1.06. The second kappa shape index (κ2) is 11.1. The van der Waals surface area contributed by atoms with Gasteiger partial charge in [0.1, 0.15) is 13.2 Å². The second-order valence-corrected chi connectivity index (χ2v) is 7.43. The molecule has 3 aromatic rings. The third kappa shape index (κ3) is 5.47. The molecule has 0 atom stereocenters. The molecule has 0 unspecified atom stereocenters. The molecular weight excluding hydrogens is 416 g/mol. The number of hydrogen-bond acceptors (Lipinski definition) is 5. The Kier molecular flexibility index (Phi) is 7.97. The molecule has 3 rings (SSSR count). The smallest absolute Gasteiger partial charge is 0.339 e. The van der Waals surface area contributed by atoms with Gasteiger partial charge in [0.15, 0.2) is 0 Å². The number of esters is 2. The lowest BCUT2D eigenvalue weighted by Crippen LogP contribution is -2.16. The van der Waals surface area contributed by atoms with Crippen molar-refractivity contribution in [3.63, 3.8) is 0 Å². The molecule has 2 aromatic carbocycles. The van der Waals surface area contributed by atoms with Crippen molar-refractivity contribution in [2.24, 2.45) is 4.99 Å². The van der Waals surface area contributed by atoms with Crippen LogP contribution in [-0.4, -0.2) is 43.0 Å². The maximum Gasteiger partial charge on any atom is 0.339 e. The van der Waals surface area contributed by atoms with E-state index in [1.54, 1.807) is 14.0 Å². The van der Waals surface area contributed by atoms with Crippen molar-refractivity contribution in [1.82, 2.24) is 4.57 Å². The fourth-order valence-electron chi connectivity index (χ4n) is 3.63. The first-order chi connectivity index (χ1) is 16.0. The number of hydrogen-bond donors (Lipinski definition) is 0. The highest BCUT2D eigenvalue weighted by molar-refractivity contribution is 6.15. The highest BCUT2D eigenvalue weighted by Gasteiger charge is 2.19. The van der Waals surface area contributed by atoms with E-state index in [1.165, 1.54) is 6.21 Å². The molecule has 1 heterocycles. The van der Waals surface area contributed by atoms with Crippen LogP contribution in [0.1, 0.15) is 19.4 Å². The normalized spacial score (nSPS) is 11.7. The lowest BCUT2D eigenvalue weighted by molar-refractivity contribution is -0.146. The maximum atomic E-state index is 12.8. The van der Waals surface area contributed by atoms with E-state index in [0.717, 1.165) is 34.3 Å². The molecule has 6 nitrogen and oxygen atoms in total. The molecule has 170 valence electrons. The van der Waals surface area contributed by atoms with Crippen molar-refractivity contribution >= 4 is 35.1 Å². The van der Waals surface area contributed by atoms with Gasteiger partial charge in [0, 0.05) is 41.8 Å². The Morgan fingerprint density at radius 3 is 2.27 bits per heavy atom. The van der Waals surface area contributed by atoms with Crippen LogP contribution < -0.4 is 0 Å². The van der Waals surface area contributed by atoms with Crippen LogP contribution in [-0.2, 0) is 25.6 Å². The number of para-hydroxylation sites is 1. The molecule has 0 saturated carbocycles. The Morgan fingerprint density at radius 2 is 1.64 bits per heavy atom. The first-order valence-electron chi connectivity index (χ1n) is 10.8. The number of benzene rings is 2. The highest BCUT2D eigenvalue weighted by atomic mass is 16.6. The number of nitrogens with zero attached hydrogens (tertiary/aromatic N) is 2. The quantitative estimate of drug-likeness (QED) is 0.200. The van der Waals surface area contributed by atoms with Crippen LogP contribution in [0.5, 0.6) is 0 Å². The van der Waals surface area contributed by atoms with E-state index in [1.807, 2.05) is 42.5 Å². The standard InChI is InChI=1S/C27H28N2O4/c1-5-29-24-14-10-9-13-22(24)23(25(29)20-11-7-6-8-12-20)17-21(18-28-4)27(31)33-16-15-32-26(30)19(2)3/h6-14,17-18H,2,5,15-16H2,1,3-4H3/b21-17+,28-18?. The van der Waals surface area contributed by atoms with Gasteiger partial charge in [0.05, 0.1) is 11.3 Å². The summed E-state index contributed by atoms with van der Waals surface area (Å²) < 4.78 is 12.6. The van der Waals surface area contributed by atoms with Gasteiger partial charge in [-0.05, 0) is 31.6 Å². The SMILES string of the molecule is C=C(C)C(=O)OCCOC(=O)/C(C=NC)=C/c1c(-c2ccccc2)n(CC)c2ccccc12. The van der Waals surface area contributed by atoms with E-state index < -0.39 is 11.9 Å². The largest absolute Gasteiger partial charge is 0.459 e. The number of aryl methyl sites for hydroxylation is 1. The summed E-state index contributed by atoms with van der Waals surface area (Å²) in [6.07, 6.45) is 3.29. The summed E-state index contributed by atoms with van der Waals surface area (Å²) in [6, 6.07) is 18.2. The van der Waals surface area contributed by atoms with E-state index in [0.29, 0.717) is 11.1 Å². The van der Waals surface area contributed by atoms with Gasteiger partial charge < -0.3 is 14.0 Å². The average Bonchev–Trinajstić information content (AvgIpc) is 3.15. The minimum Gasteiger partial charge on any atom is -0.459 e. The molecule has 0 bridgehead atoms. The minimum absolute atomic E-state index is 0.0433. The lowest BCUT2D eigenvalue weighted by Gasteiger charge is -2.10. The molecule has 0 radical (unpaired) electrons. The Hall–Kier alpha value is -3.93. The van der Waals surface area contributed by atoms with Gasteiger partial charge in [-0.3, -0.25) is 4.99 Å². The van der Waals surface area contributed by atoms with Crippen LogP contribution in [0.3, 0.4) is 0 Å². The zero-order valence-electron chi connectivity index (χ0n) is 19.2. The maximum absolute atomic E-state index is 12.8. The first kappa shape index (κ1) is 23.7.